The molecule has 3 rings (SSSR count). The largest absolute Gasteiger partial charge is 0.465 e. The van der Waals surface area contributed by atoms with Crippen molar-refractivity contribution in [2.75, 3.05) is 7.11 Å². The van der Waals surface area contributed by atoms with Gasteiger partial charge in [0.1, 0.15) is 0 Å². The van der Waals surface area contributed by atoms with E-state index in [1.54, 1.807) is 18.2 Å². The Morgan fingerprint density at radius 2 is 1.86 bits per heavy atom. The van der Waals surface area contributed by atoms with E-state index in [1.165, 1.54) is 13.2 Å². The summed E-state index contributed by atoms with van der Waals surface area (Å²) in [4.78, 5) is 27.4. The lowest BCUT2D eigenvalue weighted by Gasteiger charge is -2.08. The molecule has 5 heteroatoms. The summed E-state index contributed by atoms with van der Waals surface area (Å²) in [6, 6.07) is 14.1. The van der Waals surface area contributed by atoms with Crippen LogP contribution in [0.15, 0.2) is 57.8 Å². The van der Waals surface area contributed by atoms with Crippen LogP contribution in [0.1, 0.15) is 10.4 Å². The SMILES string of the molecule is COC(=O)c1cccc2c(=O)cc(-c3ccc(Br)cc3)[nH]c12. The molecule has 0 aliphatic heterocycles. The molecule has 0 saturated heterocycles. The summed E-state index contributed by atoms with van der Waals surface area (Å²) >= 11 is 3.38. The van der Waals surface area contributed by atoms with Gasteiger partial charge in [0.2, 0.25) is 0 Å². The van der Waals surface area contributed by atoms with Gasteiger partial charge in [0.05, 0.1) is 18.2 Å². The van der Waals surface area contributed by atoms with Crippen molar-refractivity contribution in [1.82, 2.24) is 4.98 Å². The third-order valence-electron chi connectivity index (χ3n) is 3.43. The van der Waals surface area contributed by atoms with Gasteiger partial charge in [-0.2, -0.15) is 0 Å². The van der Waals surface area contributed by atoms with Gasteiger partial charge in [-0.05, 0) is 29.8 Å². The van der Waals surface area contributed by atoms with Crippen molar-refractivity contribution >= 4 is 32.8 Å². The van der Waals surface area contributed by atoms with Crippen LogP contribution in [0.3, 0.4) is 0 Å². The highest BCUT2D eigenvalue weighted by Crippen LogP contribution is 2.22. The Balaban J connectivity index is 2.28. The molecule has 0 fully saturated rings. The van der Waals surface area contributed by atoms with E-state index in [9.17, 15) is 9.59 Å². The Kier molecular flexibility index (Phi) is 3.81. The van der Waals surface area contributed by atoms with Crippen molar-refractivity contribution in [3.05, 3.63) is 68.8 Å². The highest BCUT2D eigenvalue weighted by molar-refractivity contribution is 9.10. The van der Waals surface area contributed by atoms with Crippen molar-refractivity contribution < 1.29 is 9.53 Å². The molecule has 0 radical (unpaired) electrons. The molecule has 0 saturated carbocycles. The van der Waals surface area contributed by atoms with Crippen molar-refractivity contribution in [2.24, 2.45) is 0 Å². The van der Waals surface area contributed by atoms with E-state index in [0.29, 0.717) is 22.2 Å². The highest BCUT2D eigenvalue weighted by Gasteiger charge is 2.13. The average molecular weight is 358 g/mol. The maximum absolute atomic E-state index is 12.3. The number of H-pyrrole nitrogens is 1. The van der Waals surface area contributed by atoms with Crippen molar-refractivity contribution in [3.63, 3.8) is 0 Å². The number of hydrogen-bond acceptors (Lipinski definition) is 3. The van der Waals surface area contributed by atoms with Crippen LogP contribution in [-0.4, -0.2) is 18.1 Å². The number of carbonyl (C=O) groups is 1. The number of nitrogens with one attached hydrogen (secondary N) is 1. The molecule has 0 bridgehead atoms. The summed E-state index contributed by atoms with van der Waals surface area (Å²) in [5.41, 5.74) is 2.21. The molecule has 0 amide bonds. The van der Waals surface area contributed by atoms with Crippen molar-refractivity contribution in [1.29, 1.82) is 0 Å². The lowest BCUT2D eigenvalue weighted by molar-refractivity contribution is 0.0603. The zero-order chi connectivity index (χ0) is 15.7. The summed E-state index contributed by atoms with van der Waals surface area (Å²) in [5, 5.41) is 0.462. The number of esters is 1. The second kappa shape index (κ2) is 5.77. The van der Waals surface area contributed by atoms with Crippen LogP contribution in [0.4, 0.5) is 0 Å². The number of pyridine rings is 1. The summed E-state index contributed by atoms with van der Waals surface area (Å²) in [7, 11) is 1.32. The summed E-state index contributed by atoms with van der Waals surface area (Å²) in [5.74, 6) is -0.478. The van der Waals surface area contributed by atoms with Gasteiger partial charge in [-0.25, -0.2) is 4.79 Å². The number of aromatic amines is 1. The van der Waals surface area contributed by atoms with E-state index >= 15 is 0 Å². The van der Waals surface area contributed by atoms with Crippen LogP contribution in [0, 0.1) is 0 Å². The molecular formula is C17H12BrNO3. The Morgan fingerprint density at radius 1 is 1.14 bits per heavy atom. The molecule has 110 valence electrons. The lowest BCUT2D eigenvalue weighted by Crippen LogP contribution is -2.08. The molecule has 4 nitrogen and oxygen atoms in total. The zero-order valence-corrected chi connectivity index (χ0v) is 13.3. The molecule has 0 aliphatic carbocycles. The molecule has 22 heavy (non-hydrogen) atoms. The summed E-state index contributed by atoms with van der Waals surface area (Å²) in [6.07, 6.45) is 0. The predicted molar refractivity (Wildman–Crippen MR) is 89.0 cm³/mol. The van der Waals surface area contributed by atoms with Gasteiger partial charge in [-0.3, -0.25) is 4.79 Å². The second-order valence-corrected chi connectivity index (χ2v) is 5.69. The second-order valence-electron chi connectivity index (χ2n) is 4.77. The number of fused-ring (bicyclic) bond motifs is 1. The average Bonchev–Trinajstić information content (AvgIpc) is 2.54. The van der Waals surface area contributed by atoms with E-state index in [2.05, 4.69) is 20.9 Å². The number of hydrogen-bond donors (Lipinski definition) is 1. The van der Waals surface area contributed by atoms with Gasteiger partial charge < -0.3 is 9.72 Å². The summed E-state index contributed by atoms with van der Waals surface area (Å²) < 4.78 is 5.73. The molecule has 0 aliphatic rings. The minimum Gasteiger partial charge on any atom is -0.465 e. The first-order valence-corrected chi connectivity index (χ1v) is 7.40. The minimum atomic E-state index is -0.478. The van der Waals surface area contributed by atoms with Gasteiger partial charge in [0.25, 0.3) is 0 Å². The predicted octanol–water partition coefficient (Wildman–Crippen LogP) is 3.74. The molecule has 1 heterocycles. The smallest absolute Gasteiger partial charge is 0.339 e. The Bertz CT molecular complexity index is 913. The monoisotopic (exact) mass is 357 g/mol. The Hall–Kier alpha value is -2.40. The standard InChI is InChI=1S/C17H12BrNO3/c1-22-17(21)13-4-2-3-12-15(20)9-14(19-16(12)13)10-5-7-11(18)8-6-10/h2-9H,1H3,(H,19,20). The number of aromatic nitrogens is 1. The van der Waals surface area contributed by atoms with Gasteiger partial charge in [-0.15, -0.1) is 0 Å². The third-order valence-corrected chi connectivity index (χ3v) is 3.95. The number of benzene rings is 2. The van der Waals surface area contributed by atoms with E-state index in [4.69, 9.17) is 4.74 Å². The van der Waals surface area contributed by atoms with Crippen molar-refractivity contribution in [3.8, 4) is 11.3 Å². The van der Waals surface area contributed by atoms with Crippen LogP contribution in [0.5, 0.6) is 0 Å². The van der Waals surface area contributed by atoms with E-state index < -0.39 is 5.97 Å². The van der Waals surface area contributed by atoms with Gasteiger partial charge in [0.15, 0.2) is 5.43 Å². The van der Waals surface area contributed by atoms with Crippen LogP contribution in [0.25, 0.3) is 22.2 Å². The van der Waals surface area contributed by atoms with E-state index in [-0.39, 0.29) is 5.43 Å². The molecule has 1 N–H and O–H groups in total. The number of para-hydroxylation sites is 1. The highest BCUT2D eigenvalue weighted by atomic mass is 79.9. The van der Waals surface area contributed by atoms with E-state index in [1.807, 2.05) is 24.3 Å². The van der Waals surface area contributed by atoms with Gasteiger partial charge in [-0.1, -0.05) is 34.1 Å². The maximum atomic E-state index is 12.3. The van der Waals surface area contributed by atoms with Crippen LogP contribution in [-0.2, 0) is 4.74 Å². The topological polar surface area (TPSA) is 59.2 Å². The normalized spacial score (nSPS) is 10.6. The Morgan fingerprint density at radius 3 is 2.55 bits per heavy atom. The minimum absolute atomic E-state index is 0.141. The zero-order valence-electron chi connectivity index (χ0n) is 11.7. The lowest BCUT2D eigenvalue weighted by atomic mass is 10.1. The molecule has 0 atom stereocenters. The number of carbonyl (C=O) groups excluding carboxylic acids is 1. The number of rotatable bonds is 2. The van der Waals surface area contributed by atoms with Crippen LogP contribution < -0.4 is 5.43 Å². The van der Waals surface area contributed by atoms with Gasteiger partial charge in [0, 0.05) is 21.6 Å². The molecule has 0 spiro atoms. The van der Waals surface area contributed by atoms with Crippen LogP contribution >= 0.6 is 15.9 Å². The first kappa shape index (κ1) is 14.5. The molecular weight excluding hydrogens is 346 g/mol. The van der Waals surface area contributed by atoms with E-state index in [0.717, 1.165) is 10.0 Å². The molecule has 0 unspecified atom stereocenters. The van der Waals surface area contributed by atoms with Crippen molar-refractivity contribution in [2.45, 2.75) is 0 Å². The number of ether oxygens (including phenoxy) is 1. The molecule has 3 aromatic rings. The summed E-state index contributed by atoms with van der Waals surface area (Å²) in [6.45, 7) is 0. The van der Waals surface area contributed by atoms with Gasteiger partial charge >= 0.3 is 5.97 Å². The number of methoxy groups -OCH3 is 1. The third kappa shape index (κ3) is 2.55. The maximum Gasteiger partial charge on any atom is 0.339 e. The fraction of sp³-hybridized carbons (Fsp3) is 0.0588. The molecule has 2 aromatic carbocycles. The first-order chi connectivity index (χ1) is 10.6. The fourth-order valence-corrected chi connectivity index (χ4v) is 2.60. The fourth-order valence-electron chi connectivity index (χ4n) is 2.34. The Labute approximate surface area is 134 Å². The van der Waals surface area contributed by atoms with Crippen LogP contribution in [0.2, 0.25) is 0 Å². The molecule has 1 aromatic heterocycles. The number of halogens is 1. The quantitative estimate of drug-likeness (QED) is 0.710. The first-order valence-electron chi connectivity index (χ1n) is 6.60.